The maximum Gasteiger partial charge on any atom is 0.239 e. The number of likely N-dealkylation sites (N-methyl/N-ethyl adjacent to an activating group) is 1. The van der Waals surface area contributed by atoms with E-state index in [1.54, 1.807) is 14.0 Å². The van der Waals surface area contributed by atoms with E-state index in [0.717, 1.165) is 19.4 Å². The molecule has 0 radical (unpaired) electrons. The lowest BCUT2D eigenvalue weighted by atomic mass is 10.0. The van der Waals surface area contributed by atoms with Crippen LogP contribution in [-0.2, 0) is 14.3 Å². The number of nitrogens with two attached hydrogens (primary N) is 1. The zero-order valence-corrected chi connectivity index (χ0v) is 9.41. The van der Waals surface area contributed by atoms with Crippen LogP contribution in [0.3, 0.4) is 0 Å². The number of amides is 1. The Bertz CT molecular complexity index is 217. The van der Waals surface area contributed by atoms with Gasteiger partial charge in [-0.2, -0.15) is 0 Å². The average molecular weight is 216 g/mol. The predicted molar refractivity (Wildman–Crippen MR) is 56.5 cm³/mol. The number of rotatable bonds is 6. The van der Waals surface area contributed by atoms with Crippen LogP contribution in [0.2, 0.25) is 0 Å². The lowest BCUT2D eigenvalue weighted by molar-refractivity contribution is -0.126. The standard InChI is InChI=1S/C10H20N2O3/c1-10(12-2,9(11)13)7-14-6-8-4-3-5-15-8/h8,12H,3-7H2,1-2H3,(H2,11,13). The second-order valence-corrected chi connectivity index (χ2v) is 4.10. The number of hydrogen-bond acceptors (Lipinski definition) is 4. The van der Waals surface area contributed by atoms with Crippen LogP contribution in [0, 0.1) is 0 Å². The summed E-state index contributed by atoms with van der Waals surface area (Å²) in [7, 11) is 1.69. The summed E-state index contributed by atoms with van der Waals surface area (Å²) in [5.41, 5.74) is 4.47. The molecule has 0 bridgehead atoms. The lowest BCUT2D eigenvalue weighted by Crippen LogP contribution is -2.55. The number of nitrogens with one attached hydrogen (secondary N) is 1. The largest absolute Gasteiger partial charge is 0.376 e. The molecule has 0 spiro atoms. The van der Waals surface area contributed by atoms with E-state index in [2.05, 4.69) is 5.32 Å². The molecule has 5 heteroatoms. The molecule has 2 unspecified atom stereocenters. The van der Waals surface area contributed by atoms with E-state index >= 15 is 0 Å². The van der Waals surface area contributed by atoms with Crippen LogP contribution in [0.4, 0.5) is 0 Å². The van der Waals surface area contributed by atoms with Gasteiger partial charge in [0.1, 0.15) is 5.54 Å². The highest BCUT2D eigenvalue weighted by Crippen LogP contribution is 2.13. The minimum absolute atomic E-state index is 0.180. The van der Waals surface area contributed by atoms with Crippen LogP contribution in [0.1, 0.15) is 19.8 Å². The first-order chi connectivity index (χ1) is 7.08. The molecule has 5 nitrogen and oxygen atoms in total. The highest BCUT2D eigenvalue weighted by atomic mass is 16.5. The Balaban J connectivity index is 2.25. The highest BCUT2D eigenvalue weighted by Gasteiger charge is 2.29. The summed E-state index contributed by atoms with van der Waals surface area (Å²) in [6, 6.07) is 0. The summed E-state index contributed by atoms with van der Waals surface area (Å²) in [5.74, 6) is -0.405. The highest BCUT2D eigenvalue weighted by molar-refractivity contribution is 5.84. The Morgan fingerprint density at radius 1 is 1.73 bits per heavy atom. The Morgan fingerprint density at radius 2 is 2.47 bits per heavy atom. The van der Waals surface area contributed by atoms with Crippen LogP contribution >= 0.6 is 0 Å². The van der Waals surface area contributed by atoms with Crippen LogP contribution in [-0.4, -0.2) is 44.4 Å². The topological polar surface area (TPSA) is 73.6 Å². The molecular weight excluding hydrogens is 196 g/mol. The van der Waals surface area contributed by atoms with Crippen molar-refractivity contribution in [1.29, 1.82) is 0 Å². The third-order valence-electron chi connectivity index (χ3n) is 2.81. The summed E-state index contributed by atoms with van der Waals surface area (Å²) in [5, 5.41) is 2.86. The fourth-order valence-corrected chi connectivity index (χ4v) is 1.44. The van der Waals surface area contributed by atoms with Gasteiger partial charge in [0, 0.05) is 6.61 Å². The van der Waals surface area contributed by atoms with Crippen LogP contribution in [0.25, 0.3) is 0 Å². The van der Waals surface area contributed by atoms with Gasteiger partial charge in [-0.1, -0.05) is 0 Å². The number of primary amides is 1. The molecule has 3 N–H and O–H groups in total. The van der Waals surface area contributed by atoms with Crippen molar-refractivity contribution in [2.24, 2.45) is 5.73 Å². The van der Waals surface area contributed by atoms with E-state index in [4.69, 9.17) is 15.2 Å². The SMILES string of the molecule is CNC(C)(COCC1CCCO1)C(N)=O. The normalized spacial score (nSPS) is 25.1. The number of carbonyl (C=O) groups excluding carboxylic acids is 1. The van der Waals surface area contributed by atoms with E-state index in [1.165, 1.54) is 0 Å². The molecule has 15 heavy (non-hydrogen) atoms. The maximum absolute atomic E-state index is 11.1. The van der Waals surface area contributed by atoms with Crippen LogP contribution in [0.5, 0.6) is 0 Å². The molecular formula is C10H20N2O3. The molecule has 1 aliphatic rings. The second-order valence-electron chi connectivity index (χ2n) is 4.10. The summed E-state index contributed by atoms with van der Waals surface area (Å²) in [6.45, 7) is 3.35. The fourth-order valence-electron chi connectivity index (χ4n) is 1.44. The number of carbonyl (C=O) groups is 1. The van der Waals surface area contributed by atoms with Gasteiger partial charge >= 0.3 is 0 Å². The minimum Gasteiger partial charge on any atom is -0.376 e. The van der Waals surface area contributed by atoms with Gasteiger partial charge in [0.2, 0.25) is 5.91 Å². The molecule has 1 heterocycles. The quantitative estimate of drug-likeness (QED) is 0.636. The molecule has 0 aliphatic carbocycles. The average Bonchev–Trinajstić information content (AvgIpc) is 2.70. The van der Waals surface area contributed by atoms with E-state index in [-0.39, 0.29) is 12.7 Å². The van der Waals surface area contributed by atoms with Gasteiger partial charge in [-0.25, -0.2) is 0 Å². The molecule has 1 rings (SSSR count). The predicted octanol–water partition coefficient (Wildman–Crippen LogP) is -0.355. The van der Waals surface area contributed by atoms with Crippen LogP contribution in [0.15, 0.2) is 0 Å². The molecule has 1 aliphatic heterocycles. The van der Waals surface area contributed by atoms with Crippen molar-refractivity contribution in [1.82, 2.24) is 5.32 Å². The van der Waals surface area contributed by atoms with E-state index in [0.29, 0.717) is 6.61 Å². The Morgan fingerprint density at radius 3 is 2.93 bits per heavy atom. The molecule has 1 saturated heterocycles. The van der Waals surface area contributed by atoms with E-state index < -0.39 is 11.4 Å². The summed E-state index contributed by atoms with van der Waals surface area (Å²) in [4.78, 5) is 11.1. The van der Waals surface area contributed by atoms with Gasteiger partial charge in [0.05, 0.1) is 19.3 Å². The van der Waals surface area contributed by atoms with Crippen molar-refractivity contribution in [2.75, 3.05) is 26.9 Å². The summed E-state index contributed by atoms with van der Waals surface area (Å²) >= 11 is 0. The van der Waals surface area contributed by atoms with Gasteiger partial charge < -0.3 is 20.5 Å². The smallest absolute Gasteiger partial charge is 0.239 e. The van der Waals surface area contributed by atoms with Crippen molar-refractivity contribution in [2.45, 2.75) is 31.4 Å². The fraction of sp³-hybridized carbons (Fsp3) is 0.900. The van der Waals surface area contributed by atoms with Gasteiger partial charge in [-0.05, 0) is 26.8 Å². The molecule has 0 saturated carbocycles. The van der Waals surface area contributed by atoms with Crippen LogP contribution < -0.4 is 11.1 Å². The van der Waals surface area contributed by atoms with Gasteiger partial charge in [0.15, 0.2) is 0 Å². The second kappa shape index (κ2) is 5.44. The first-order valence-corrected chi connectivity index (χ1v) is 5.26. The van der Waals surface area contributed by atoms with Gasteiger partial charge in [-0.3, -0.25) is 4.79 Å². The summed E-state index contributed by atoms with van der Waals surface area (Å²) < 4.78 is 10.8. The third-order valence-corrected chi connectivity index (χ3v) is 2.81. The molecule has 1 fully saturated rings. The molecule has 2 atom stereocenters. The molecule has 88 valence electrons. The molecule has 1 amide bonds. The first kappa shape index (κ1) is 12.4. The maximum atomic E-state index is 11.1. The van der Waals surface area contributed by atoms with E-state index in [1.807, 2.05) is 0 Å². The molecule has 0 aromatic heterocycles. The van der Waals surface area contributed by atoms with Crippen molar-refractivity contribution in [3.8, 4) is 0 Å². The van der Waals surface area contributed by atoms with Crippen molar-refractivity contribution >= 4 is 5.91 Å². The minimum atomic E-state index is -0.793. The summed E-state index contributed by atoms with van der Waals surface area (Å²) in [6.07, 6.45) is 2.30. The van der Waals surface area contributed by atoms with Gasteiger partial charge in [0.25, 0.3) is 0 Å². The molecule has 0 aromatic carbocycles. The van der Waals surface area contributed by atoms with Gasteiger partial charge in [-0.15, -0.1) is 0 Å². The zero-order chi connectivity index (χ0) is 11.3. The third kappa shape index (κ3) is 3.44. The Hall–Kier alpha value is -0.650. The zero-order valence-electron chi connectivity index (χ0n) is 9.41. The number of ether oxygens (including phenoxy) is 2. The Kier molecular flexibility index (Phi) is 4.50. The monoisotopic (exact) mass is 216 g/mol. The van der Waals surface area contributed by atoms with Crippen molar-refractivity contribution < 1.29 is 14.3 Å². The lowest BCUT2D eigenvalue weighted by Gasteiger charge is -2.25. The molecule has 0 aromatic rings. The van der Waals surface area contributed by atoms with Crippen molar-refractivity contribution in [3.63, 3.8) is 0 Å². The van der Waals surface area contributed by atoms with E-state index in [9.17, 15) is 4.79 Å². The number of hydrogen-bond donors (Lipinski definition) is 2. The Labute approximate surface area is 90.3 Å². The first-order valence-electron chi connectivity index (χ1n) is 5.26. The van der Waals surface area contributed by atoms with Crippen molar-refractivity contribution in [3.05, 3.63) is 0 Å².